The van der Waals surface area contributed by atoms with Gasteiger partial charge in [0.05, 0.1) is 0 Å². The van der Waals surface area contributed by atoms with Crippen molar-refractivity contribution in [1.82, 2.24) is 15.5 Å². The number of hydrogen-bond acceptors (Lipinski definition) is 3. The van der Waals surface area contributed by atoms with E-state index in [1.165, 1.54) is 16.0 Å². The van der Waals surface area contributed by atoms with Crippen LogP contribution in [0.5, 0.6) is 0 Å². The summed E-state index contributed by atoms with van der Waals surface area (Å²) in [6.45, 7) is 1.42. The summed E-state index contributed by atoms with van der Waals surface area (Å²) >= 11 is 0. The third-order valence-corrected chi connectivity index (χ3v) is 3.53. The van der Waals surface area contributed by atoms with Crippen LogP contribution in [0.25, 0.3) is 0 Å². The second-order valence-corrected chi connectivity index (χ2v) is 5.22. The molecular weight excluding hydrogens is 290 g/mol. The van der Waals surface area contributed by atoms with Gasteiger partial charge in [-0.2, -0.15) is 0 Å². The van der Waals surface area contributed by atoms with Gasteiger partial charge in [-0.3, -0.25) is 9.59 Å². The molecule has 0 aliphatic carbocycles. The Morgan fingerprint density at radius 1 is 1.33 bits per heavy atom. The Hall–Kier alpha value is -1.59. The highest BCUT2D eigenvalue weighted by atomic mass is 35.5. The number of amides is 2. The van der Waals surface area contributed by atoms with Crippen LogP contribution < -0.4 is 10.6 Å². The van der Waals surface area contributed by atoms with E-state index in [-0.39, 0.29) is 36.7 Å². The van der Waals surface area contributed by atoms with E-state index in [1.54, 1.807) is 14.1 Å². The Morgan fingerprint density at radius 2 is 2.05 bits per heavy atom. The molecule has 116 valence electrons. The Labute approximate surface area is 131 Å². The molecule has 1 heterocycles. The lowest BCUT2D eigenvalue weighted by molar-refractivity contribution is -0.134. The van der Waals surface area contributed by atoms with Crippen LogP contribution in [0.15, 0.2) is 24.3 Å². The monoisotopic (exact) mass is 311 g/mol. The molecule has 0 spiro atoms. The first-order chi connectivity index (χ1) is 9.58. The second-order valence-electron chi connectivity index (χ2n) is 5.22. The van der Waals surface area contributed by atoms with Gasteiger partial charge in [0.1, 0.15) is 6.42 Å². The third-order valence-electron chi connectivity index (χ3n) is 3.53. The number of hydrogen-bond donors (Lipinski definition) is 2. The standard InChI is InChI=1S/C15H21N3O2.ClH/c1-18(2)15(20)9-14(19)17-10-13-12-6-4-3-5-11(12)7-8-16-13;/h3-6,13,16H,7-10H2,1-2H3,(H,17,19);1H. The molecular formula is C15H22ClN3O2. The molecule has 0 fully saturated rings. The number of halogens is 1. The molecule has 0 bridgehead atoms. The first kappa shape index (κ1) is 17.5. The van der Waals surface area contributed by atoms with Gasteiger partial charge in [-0.25, -0.2) is 0 Å². The number of nitrogens with one attached hydrogen (secondary N) is 2. The van der Waals surface area contributed by atoms with Crippen molar-refractivity contribution in [3.63, 3.8) is 0 Å². The maximum Gasteiger partial charge on any atom is 0.231 e. The van der Waals surface area contributed by atoms with Crippen LogP contribution in [-0.4, -0.2) is 43.9 Å². The minimum Gasteiger partial charge on any atom is -0.354 e. The van der Waals surface area contributed by atoms with E-state index in [2.05, 4.69) is 22.8 Å². The second kappa shape index (κ2) is 8.00. The summed E-state index contributed by atoms with van der Waals surface area (Å²) in [7, 11) is 3.29. The summed E-state index contributed by atoms with van der Waals surface area (Å²) in [5.74, 6) is -0.409. The van der Waals surface area contributed by atoms with Crippen LogP contribution in [0, 0.1) is 0 Å². The molecule has 0 saturated carbocycles. The van der Waals surface area contributed by atoms with Gasteiger partial charge in [0, 0.05) is 26.7 Å². The van der Waals surface area contributed by atoms with Crippen molar-refractivity contribution in [2.24, 2.45) is 0 Å². The summed E-state index contributed by atoms with van der Waals surface area (Å²) in [6, 6.07) is 8.38. The highest BCUT2D eigenvalue weighted by molar-refractivity contribution is 5.96. The van der Waals surface area contributed by atoms with Crippen LogP contribution >= 0.6 is 12.4 Å². The molecule has 21 heavy (non-hydrogen) atoms. The molecule has 0 saturated heterocycles. The highest BCUT2D eigenvalue weighted by Gasteiger charge is 2.20. The molecule has 2 N–H and O–H groups in total. The normalized spacial score (nSPS) is 16.4. The zero-order valence-corrected chi connectivity index (χ0v) is 13.2. The van der Waals surface area contributed by atoms with Crippen LogP contribution in [-0.2, 0) is 16.0 Å². The van der Waals surface area contributed by atoms with E-state index in [0.29, 0.717) is 6.54 Å². The van der Waals surface area contributed by atoms with E-state index >= 15 is 0 Å². The van der Waals surface area contributed by atoms with Crippen molar-refractivity contribution in [2.75, 3.05) is 27.2 Å². The summed E-state index contributed by atoms with van der Waals surface area (Å²) in [6.07, 6.45) is 0.918. The molecule has 1 atom stereocenters. The molecule has 2 rings (SSSR count). The van der Waals surface area contributed by atoms with Crippen LogP contribution in [0.2, 0.25) is 0 Å². The van der Waals surface area contributed by atoms with Gasteiger partial charge in [-0.1, -0.05) is 24.3 Å². The molecule has 0 aromatic heterocycles. The van der Waals surface area contributed by atoms with E-state index < -0.39 is 0 Å². The van der Waals surface area contributed by atoms with Gasteiger partial charge in [0.2, 0.25) is 11.8 Å². The summed E-state index contributed by atoms with van der Waals surface area (Å²) in [5, 5.41) is 6.23. The van der Waals surface area contributed by atoms with Gasteiger partial charge in [0.15, 0.2) is 0 Å². The summed E-state index contributed by atoms with van der Waals surface area (Å²) in [4.78, 5) is 24.6. The zero-order valence-electron chi connectivity index (χ0n) is 12.4. The fraction of sp³-hybridized carbons (Fsp3) is 0.467. The molecule has 2 amide bonds. The number of carbonyl (C=O) groups excluding carboxylic acids is 2. The van der Waals surface area contributed by atoms with Crippen molar-refractivity contribution in [3.05, 3.63) is 35.4 Å². The molecule has 1 aromatic carbocycles. The van der Waals surface area contributed by atoms with Gasteiger partial charge in [-0.05, 0) is 24.1 Å². The molecule has 6 heteroatoms. The van der Waals surface area contributed by atoms with Crippen molar-refractivity contribution < 1.29 is 9.59 Å². The first-order valence-electron chi connectivity index (χ1n) is 6.86. The quantitative estimate of drug-likeness (QED) is 0.812. The molecule has 1 aliphatic rings. The minimum absolute atomic E-state index is 0. The maximum absolute atomic E-state index is 11.7. The molecule has 1 aromatic rings. The van der Waals surface area contributed by atoms with Crippen LogP contribution in [0.4, 0.5) is 0 Å². The Balaban J connectivity index is 0.00000220. The third kappa shape index (κ3) is 4.72. The number of carbonyl (C=O) groups is 2. The van der Waals surface area contributed by atoms with Gasteiger partial charge >= 0.3 is 0 Å². The molecule has 1 aliphatic heterocycles. The average molecular weight is 312 g/mol. The lowest BCUT2D eigenvalue weighted by Gasteiger charge is -2.27. The molecule has 1 unspecified atom stereocenters. The Morgan fingerprint density at radius 3 is 2.76 bits per heavy atom. The Bertz CT molecular complexity index is 505. The Kier molecular flexibility index (Phi) is 6.65. The predicted octanol–water partition coefficient (Wildman–Crippen LogP) is 0.890. The lowest BCUT2D eigenvalue weighted by Crippen LogP contribution is -2.40. The smallest absolute Gasteiger partial charge is 0.231 e. The van der Waals surface area contributed by atoms with E-state index in [4.69, 9.17) is 0 Å². The van der Waals surface area contributed by atoms with Crippen molar-refractivity contribution in [2.45, 2.75) is 18.9 Å². The number of rotatable bonds is 4. The zero-order chi connectivity index (χ0) is 14.5. The average Bonchev–Trinajstić information content (AvgIpc) is 2.44. The molecule has 5 nitrogen and oxygen atoms in total. The van der Waals surface area contributed by atoms with Crippen molar-refractivity contribution in [3.8, 4) is 0 Å². The predicted molar refractivity (Wildman–Crippen MR) is 84.5 cm³/mol. The van der Waals surface area contributed by atoms with Crippen LogP contribution in [0.1, 0.15) is 23.6 Å². The number of fused-ring (bicyclic) bond motifs is 1. The number of benzene rings is 1. The fourth-order valence-electron chi connectivity index (χ4n) is 2.35. The van der Waals surface area contributed by atoms with Gasteiger partial charge < -0.3 is 15.5 Å². The van der Waals surface area contributed by atoms with Crippen molar-refractivity contribution in [1.29, 1.82) is 0 Å². The van der Waals surface area contributed by atoms with E-state index in [9.17, 15) is 9.59 Å². The summed E-state index contributed by atoms with van der Waals surface area (Å²) < 4.78 is 0. The largest absolute Gasteiger partial charge is 0.354 e. The van der Waals surface area contributed by atoms with Gasteiger partial charge in [-0.15, -0.1) is 12.4 Å². The SMILES string of the molecule is CN(C)C(=O)CC(=O)NCC1NCCc2ccccc21.Cl. The highest BCUT2D eigenvalue weighted by Crippen LogP contribution is 2.21. The van der Waals surface area contributed by atoms with Crippen LogP contribution in [0.3, 0.4) is 0 Å². The summed E-state index contributed by atoms with van der Waals surface area (Å²) in [5.41, 5.74) is 2.56. The van der Waals surface area contributed by atoms with Crippen molar-refractivity contribution >= 4 is 24.2 Å². The maximum atomic E-state index is 11.7. The lowest BCUT2D eigenvalue weighted by atomic mass is 9.94. The topological polar surface area (TPSA) is 61.4 Å². The first-order valence-corrected chi connectivity index (χ1v) is 6.86. The number of nitrogens with zero attached hydrogens (tertiary/aromatic N) is 1. The molecule has 0 radical (unpaired) electrons. The fourth-order valence-corrected chi connectivity index (χ4v) is 2.35. The van der Waals surface area contributed by atoms with E-state index in [1.807, 2.05) is 12.1 Å². The van der Waals surface area contributed by atoms with E-state index in [0.717, 1.165) is 13.0 Å². The minimum atomic E-state index is -0.228. The van der Waals surface area contributed by atoms with Gasteiger partial charge in [0.25, 0.3) is 0 Å².